The molecule has 6 heteroatoms. The predicted octanol–water partition coefficient (Wildman–Crippen LogP) is 2.86. The predicted molar refractivity (Wildman–Crippen MR) is 69.5 cm³/mol. The fraction of sp³-hybridized carbons (Fsp3) is 0. The molecule has 20 heavy (non-hydrogen) atoms. The van der Waals surface area contributed by atoms with E-state index in [1.807, 2.05) is 0 Å². The number of pyridine rings is 1. The number of rotatable bonds is 2. The average Bonchev–Trinajstić information content (AvgIpc) is 2.91. The van der Waals surface area contributed by atoms with Gasteiger partial charge in [-0.25, -0.2) is 13.8 Å². The Morgan fingerprint density at radius 2 is 1.80 bits per heavy atom. The Labute approximate surface area is 112 Å². The molecule has 1 amide bonds. The lowest BCUT2D eigenvalue weighted by Gasteiger charge is -2.08. The number of imidazole rings is 1. The van der Waals surface area contributed by atoms with Crippen LogP contribution in [0, 0.1) is 11.6 Å². The average molecular weight is 273 g/mol. The van der Waals surface area contributed by atoms with Gasteiger partial charge in [-0.3, -0.25) is 9.20 Å². The SMILES string of the molecule is O=C(Nc1c(F)cccc1F)c1cccc2nccn12. The van der Waals surface area contributed by atoms with Crippen LogP contribution >= 0.6 is 0 Å². The van der Waals surface area contributed by atoms with Crippen LogP contribution in [0.25, 0.3) is 5.65 Å². The first-order valence-corrected chi connectivity index (χ1v) is 5.84. The summed E-state index contributed by atoms with van der Waals surface area (Å²) in [7, 11) is 0. The van der Waals surface area contributed by atoms with E-state index in [0.717, 1.165) is 12.1 Å². The van der Waals surface area contributed by atoms with E-state index in [2.05, 4.69) is 10.3 Å². The molecule has 0 aliphatic rings. The van der Waals surface area contributed by atoms with Crippen molar-refractivity contribution >= 4 is 17.2 Å². The van der Waals surface area contributed by atoms with Crippen LogP contribution in [0.3, 0.4) is 0 Å². The highest BCUT2D eigenvalue weighted by atomic mass is 19.1. The second-order valence-electron chi connectivity index (χ2n) is 4.12. The summed E-state index contributed by atoms with van der Waals surface area (Å²) < 4.78 is 28.5. The Hall–Kier alpha value is -2.76. The monoisotopic (exact) mass is 273 g/mol. The number of halogens is 2. The zero-order valence-electron chi connectivity index (χ0n) is 10.2. The number of hydrogen-bond donors (Lipinski definition) is 1. The highest BCUT2D eigenvalue weighted by Crippen LogP contribution is 2.19. The summed E-state index contributed by atoms with van der Waals surface area (Å²) in [4.78, 5) is 16.2. The summed E-state index contributed by atoms with van der Waals surface area (Å²) in [5.41, 5.74) is 0.351. The van der Waals surface area contributed by atoms with Crippen LogP contribution in [0.15, 0.2) is 48.8 Å². The van der Waals surface area contributed by atoms with E-state index in [-0.39, 0.29) is 5.69 Å². The molecule has 0 unspecified atom stereocenters. The van der Waals surface area contributed by atoms with Gasteiger partial charge in [0.05, 0.1) is 0 Å². The molecule has 0 aliphatic carbocycles. The van der Waals surface area contributed by atoms with Crippen molar-refractivity contribution in [3.8, 4) is 0 Å². The summed E-state index contributed by atoms with van der Waals surface area (Å²) in [6.07, 6.45) is 3.14. The Morgan fingerprint density at radius 1 is 1.10 bits per heavy atom. The maximum absolute atomic E-state index is 13.5. The first-order valence-electron chi connectivity index (χ1n) is 5.84. The fourth-order valence-corrected chi connectivity index (χ4v) is 1.93. The zero-order valence-corrected chi connectivity index (χ0v) is 10.2. The van der Waals surface area contributed by atoms with Crippen molar-refractivity contribution in [2.24, 2.45) is 0 Å². The molecule has 4 nitrogen and oxygen atoms in total. The van der Waals surface area contributed by atoms with Crippen LogP contribution in [-0.4, -0.2) is 15.3 Å². The van der Waals surface area contributed by atoms with Crippen LogP contribution in [0.4, 0.5) is 14.5 Å². The molecule has 0 aliphatic heterocycles. The number of aromatic nitrogens is 2. The topological polar surface area (TPSA) is 46.4 Å². The quantitative estimate of drug-likeness (QED) is 0.780. The number of carbonyl (C=O) groups is 1. The number of anilines is 1. The number of para-hydroxylation sites is 1. The molecule has 1 aromatic carbocycles. The fourth-order valence-electron chi connectivity index (χ4n) is 1.93. The minimum Gasteiger partial charge on any atom is -0.316 e. The van der Waals surface area contributed by atoms with E-state index in [4.69, 9.17) is 0 Å². The molecule has 1 N–H and O–H groups in total. The van der Waals surface area contributed by atoms with Gasteiger partial charge in [0.1, 0.15) is 28.7 Å². The zero-order chi connectivity index (χ0) is 14.1. The van der Waals surface area contributed by atoms with Gasteiger partial charge in [0, 0.05) is 12.4 Å². The highest BCUT2D eigenvalue weighted by Gasteiger charge is 2.15. The summed E-state index contributed by atoms with van der Waals surface area (Å²) in [6, 6.07) is 8.31. The molecule has 0 spiro atoms. The summed E-state index contributed by atoms with van der Waals surface area (Å²) in [5.74, 6) is -2.26. The Kier molecular flexibility index (Phi) is 2.90. The lowest BCUT2D eigenvalue weighted by atomic mass is 10.2. The molecule has 2 aromatic heterocycles. The Bertz CT molecular complexity index is 778. The van der Waals surface area contributed by atoms with Crippen molar-refractivity contribution in [1.29, 1.82) is 0 Å². The lowest BCUT2D eigenvalue weighted by Crippen LogP contribution is -2.17. The minimum absolute atomic E-state index is 0.239. The first kappa shape index (κ1) is 12.3. The molecule has 0 radical (unpaired) electrons. The lowest BCUT2D eigenvalue weighted by molar-refractivity contribution is 0.102. The van der Waals surface area contributed by atoms with Crippen LogP contribution in [-0.2, 0) is 0 Å². The third-order valence-electron chi connectivity index (χ3n) is 2.86. The second-order valence-corrected chi connectivity index (χ2v) is 4.12. The van der Waals surface area contributed by atoms with Crippen molar-refractivity contribution in [2.45, 2.75) is 0 Å². The standard InChI is InChI=1S/C14H9F2N3O/c15-9-3-1-4-10(16)13(9)18-14(20)11-5-2-6-12-17-7-8-19(11)12/h1-8H,(H,18,20). The molecule has 0 fully saturated rings. The molecule has 0 saturated carbocycles. The maximum atomic E-state index is 13.5. The van der Waals surface area contributed by atoms with Crippen molar-refractivity contribution in [1.82, 2.24) is 9.38 Å². The van der Waals surface area contributed by atoms with Crippen LogP contribution in [0.2, 0.25) is 0 Å². The molecule has 0 saturated heterocycles. The number of nitrogens with one attached hydrogen (secondary N) is 1. The summed E-state index contributed by atoms with van der Waals surface area (Å²) in [5, 5.41) is 2.24. The number of amides is 1. The largest absolute Gasteiger partial charge is 0.316 e. The maximum Gasteiger partial charge on any atom is 0.272 e. The Balaban J connectivity index is 2.00. The van der Waals surface area contributed by atoms with Gasteiger partial charge >= 0.3 is 0 Å². The van der Waals surface area contributed by atoms with Gasteiger partial charge < -0.3 is 5.32 Å². The Morgan fingerprint density at radius 3 is 2.55 bits per heavy atom. The van der Waals surface area contributed by atoms with Gasteiger partial charge in [0.2, 0.25) is 0 Å². The number of nitrogens with zero attached hydrogens (tertiary/aromatic N) is 2. The summed E-state index contributed by atoms with van der Waals surface area (Å²) >= 11 is 0. The van der Waals surface area contributed by atoms with E-state index >= 15 is 0 Å². The van der Waals surface area contributed by atoms with Crippen molar-refractivity contribution < 1.29 is 13.6 Å². The number of carbonyl (C=O) groups excluding carboxylic acids is 1. The van der Waals surface area contributed by atoms with Crippen LogP contribution in [0.1, 0.15) is 10.5 Å². The minimum atomic E-state index is -0.823. The van der Waals surface area contributed by atoms with Gasteiger partial charge in [-0.05, 0) is 24.3 Å². The van der Waals surface area contributed by atoms with E-state index in [1.54, 1.807) is 24.4 Å². The number of benzene rings is 1. The van der Waals surface area contributed by atoms with E-state index in [9.17, 15) is 13.6 Å². The van der Waals surface area contributed by atoms with E-state index < -0.39 is 23.2 Å². The molecule has 3 rings (SSSR count). The van der Waals surface area contributed by atoms with Gasteiger partial charge in [-0.2, -0.15) is 0 Å². The van der Waals surface area contributed by atoms with Gasteiger partial charge in [-0.15, -0.1) is 0 Å². The van der Waals surface area contributed by atoms with Gasteiger partial charge in [-0.1, -0.05) is 12.1 Å². The molecule has 3 aromatic rings. The van der Waals surface area contributed by atoms with Crippen molar-refractivity contribution in [2.75, 3.05) is 5.32 Å². The van der Waals surface area contributed by atoms with Crippen molar-refractivity contribution in [3.63, 3.8) is 0 Å². The molecular weight excluding hydrogens is 264 g/mol. The number of hydrogen-bond acceptors (Lipinski definition) is 2. The number of fused-ring (bicyclic) bond motifs is 1. The third-order valence-corrected chi connectivity index (χ3v) is 2.86. The summed E-state index contributed by atoms with van der Waals surface area (Å²) in [6.45, 7) is 0. The molecule has 0 bridgehead atoms. The normalized spacial score (nSPS) is 10.7. The molecule has 0 atom stereocenters. The van der Waals surface area contributed by atoms with Gasteiger partial charge in [0.15, 0.2) is 0 Å². The van der Waals surface area contributed by atoms with E-state index in [0.29, 0.717) is 5.65 Å². The first-order chi connectivity index (χ1) is 9.66. The second kappa shape index (κ2) is 4.73. The highest BCUT2D eigenvalue weighted by molar-refractivity contribution is 6.03. The smallest absolute Gasteiger partial charge is 0.272 e. The molecule has 2 heterocycles. The van der Waals surface area contributed by atoms with E-state index in [1.165, 1.54) is 16.7 Å². The van der Waals surface area contributed by atoms with Gasteiger partial charge in [0.25, 0.3) is 5.91 Å². The molecule has 100 valence electrons. The van der Waals surface area contributed by atoms with Crippen molar-refractivity contribution in [3.05, 3.63) is 66.1 Å². The van der Waals surface area contributed by atoms with Crippen LogP contribution < -0.4 is 5.32 Å². The van der Waals surface area contributed by atoms with Crippen LogP contribution in [0.5, 0.6) is 0 Å². The molecular formula is C14H9F2N3O. The third kappa shape index (κ3) is 2.01.